The molecular weight excluding hydrogens is 370 g/mol. The quantitative estimate of drug-likeness (QED) is 0.361. The van der Waals surface area contributed by atoms with E-state index in [4.69, 9.17) is 4.74 Å². The standard InChI is InChI=1S/C22H17N3O4/c1-23-22-21(25(27)28)18(14-7-3-5-9-17(14)29-22)19-16(26)11-10-13-12-6-2-4-8-15(12)24-20(13)19/h2-11,18,23-24,26H,1H3. The van der Waals surface area contributed by atoms with Crippen LogP contribution in [0.1, 0.15) is 17.0 Å². The van der Waals surface area contributed by atoms with Gasteiger partial charge in [-0.05, 0) is 24.3 Å². The summed E-state index contributed by atoms with van der Waals surface area (Å²) in [6.07, 6.45) is 0. The smallest absolute Gasteiger partial charge is 0.317 e. The number of fused-ring (bicyclic) bond motifs is 4. The van der Waals surface area contributed by atoms with Gasteiger partial charge in [-0.25, -0.2) is 0 Å². The molecule has 0 aliphatic carbocycles. The summed E-state index contributed by atoms with van der Waals surface area (Å²) in [6, 6.07) is 18.4. The molecule has 1 atom stereocenters. The monoisotopic (exact) mass is 387 g/mol. The average molecular weight is 387 g/mol. The molecule has 0 amide bonds. The lowest BCUT2D eigenvalue weighted by Crippen LogP contribution is -2.27. The largest absolute Gasteiger partial charge is 0.508 e. The van der Waals surface area contributed by atoms with Crippen molar-refractivity contribution in [3.63, 3.8) is 0 Å². The molecule has 7 nitrogen and oxygen atoms in total. The maximum absolute atomic E-state index is 12.1. The molecule has 0 saturated heterocycles. The van der Waals surface area contributed by atoms with Gasteiger partial charge in [0.1, 0.15) is 17.4 Å². The van der Waals surface area contributed by atoms with E-state index in [9.17, 15) is 15.2 Å². The summed E-state index contributed by atoms with van der Waals surface area (Å²) in [7, 11) is 1.58. The molecule has 4 aromatic rings. The molecule has 2 heterocycles. The first-order valence-corrected chi connectivity index (χ1v) is 9.15. The molecule has 1 aliphatic rings. The third kappa shape index (κ3) is 2.44. The van der Waals surface area contributed by atoms with E-state index in [1.54, 1.807) is 31.3 Å². The molecule has 1 aliphatic heterocycles. The average Bonchev–Trinajstić information content (AvgIpc) is 3.11. The van der Waals surface area contributed by atoms with Crippen LogP contribution in [-0.4, -0.2) is 22.1 Å². The zero-order valence-electron chi connectivity index (χ0n) is 15.5. The lowest BCUT2D eigenvalue weighted by molar-refractivity contribution is -0.432. The summed E-state index contributed by atoms with van der Waals surface area (Å²) >= 11 is 0. The van der Waals surface area contributed by atoms with Crippen LogP contribution in [0, 0.1) is 10.1 Å². The van der Waals surface area contributed by atoms with E-state index >= 15 is 0 Å². The number of nitro groups is 1. The van der Waals surface area contributed by atoms with Gasteiger partial charge in [0.2, 0.25) is 0 Å². The maximum Gasteiger partial charge on any atom is 0.317 e. The van der Waals surface area contributed by atoms with Gasteiger partial charge < -0.3 is 20.1 Å². The molecule has 1 aromatic heterocycles. The van der Waals surface area contributed by atoms with Crippen molar-refractivity contribution in [3.8, 4) is 11.5 Å². The van der Waals surface area contributed by atoms with Gasteiger partial charge in [0.25, 0.3) is 5.88 Å². The molecule has 7 heteroatoms. The zero-order valence-corrected chi connectivity index (χ0v) is 15.5. The van der Waals surface area contributed by atoms with Crippen LogP contribution in [0.25, 0.3) is 21.8 Å². The first kappa shape index (κ1) is 17.1. The lowest BCUT2D eigenvalue weighted by Gasteiger charge is -2.26. The highest BCUT2D eigenvalue weighted by atomic mass is 16.6. The van der Waals surface area contributed by atoms with Crippen LogP contribution in [0.3, 0.4) is 0 Å². The number of benzene rings is 3. The van der Waals surface area contributed by atoms with Gasteiger partial charge in [-0.2, -0.15) is 0 Å². The van der Waals surface area contributed by atoms with Crippen LogP contribution in [0.15, 0.2) is 72.2 Å². The van der Waals surface area contributed by atoms with E-state index in [2.05, 4.69) is 10.3 Å². The molecule has 5 rings (SSSR count). The Kier molecular flexibility index (Phi) is 3.70. The van der Waals surface area contributed by atoms with Crippen LogP contribution in [0.2, 0.25) is 0 Å². The number of nitrogens with zero attached hydrogens (tertiary/aromatic N) is 1. The fourth-order valence-electron chi connectivity index (χ4n) is 4.13. The minimum atomic E-state index is -0.811. The third-order valence-electron chi connectivity index (χ3n) is 5.36. The van der Waals surface area contributed by atoms with Crippen molar-refractivity contribution in [2.45, 2.75) is 5.92 Å². The van der Waals surface area contributed by atoms with Crippen molar-refractivity contribution >= 4 is 21.8 Å². The minimum absolute atomic E-state index is 0.0134. The van der Waals surface area contributed by atoms with Gasteiger partial charge in [-0.3, -0.25) is 10.1 Å². The number of hydrogen-bond acceptors (Lipinski definition) is 5. The number of ether oxygens (including phenoxy) is 1. The van der Waals surface area contributed by atoms with Crippen LogP contribution < -0.4 is 10.1 Å². The van der Waals surface area contributed by atoms with E-state index in [1.165, 1.54) is 0 Å². The number of aromatic nitrogens is 1. The highest BCUT2D eigenvalue weighted by Gasteiger charge is 2.41. The molecule has 3 aromatic carbocycles. The molecule has 0 fully saturated rings. The molecule has 29 heavy (non-hydrogen) atoms. The zero-order chi connectivity index (χ0) is 20.1. The molecule has 1 unspecified atom stereocenters. The number of aromatic amines is 1. The van der Waals surface area contributed by atoms with Crippen LogP contribution in [0.5, 0.6) is 11.5 Å². The summed E-state index contributed by atoms with van der Waals surface area (Å²) in [5.41, 5.74) is 2.50. The number of phenolic OH excluding ortho intramolecular Hbond substituents is 1. The van der Waals surface area contributed by atoms with Gasteiger partial charge >= 0.3 is 5.70 Å². The van der Waals surface area contributed by atoms with Crippen LogP contribution >= 0.6 is 0 Å². The SMILES string of the molecule is CNC1=C([N+](=O)[O-])C(c2c(O)ccc3c2[nH]c2ccccc23)c2ccccc2O1. The van der Waals surface area contributed by atoms with E-state index in [0.717, 1.165) is 16.3 Å². The van der Waals surface area contributed by atoms with Crippen molar-refractivity contribution in [1.29, 1.82) is 0 Å². The van der Waals surface area contributed by atoms with E-state index in [0.29, 0.717) is 22.4 Å². The number of para-hydroxylation sites is 2. The highest BCUT2D eigenvalue weighted by molar-refractivity contribution is 6.09. The molecule has 144 valence electrons. The maximum atomic E-state index is 12.1. The van der Waals surface area contributed by atoms with Gasteiger partial charge in [-0.15, -0.1) is 0 Å². The normalized spacial score (nSPS) is 16.0. The predicted octanol–water partition coefficient (Wildman–Crippen LogP) is 4.22. The number of phenols is 1. The Labute approximate surface area is 165 Å². The topological polar surface area (TPSA) is 100 Å². The Bertz CT molecular complexity index is 1320. The van der Waals surface area contributed by atoms with Crippen molar-refractivity contribution in [1.82, 2.24) is 10.3 Å². The molecule has 0 bridgehead atoms. The lowest BCUT2D eigenvalue weighted by atomic mass is 9.85. The number of H-pyrrole nitrogens is 1. The molecular formula is C22H17N3O4. The van der Waals surface area contributed by atoms with E-state index in [1.807, 2.05) is 36.4 Å². The number of nitrogens with one attached hydrogen (secondary N) is 2. The first-order chi connectivity index (χ1) is 14.1. The second kappa shape index (κ2) is 6.27. The molecule has 0 spiro atoms. The number of hydrogen-bond donors (Lipinski definition) is 3. The summed E-state index contributed by atoms with van der Waals surface area (Å²) in [5, 5.41) is 27.6. The second-order valence-electron chi connectivity index (χ2n) is 6.89. The number of rotatable bonds is 3. The van der Waals surface area contributed by atoms with Crippen molar-refractivity contribution < 1.29 is 14.8 Å². The van der Waals surface area contributed by atoms with Gasteiger partial charge in [0, 0.05) is 34.5 Å². The summed E-state index contributed by atoms with van der Waals surface area (Å²) in [6.45, 7) is 0. The Morgan fingerprint density at radius 2 is 1.83 bits per heavy atom. The Balaban J connectivity index is 1.90. The summed E-state index contributed by atoms with van der Waals surface area (Å²) in [4.78, 5) is 15.0. The number of aromatic hydroxyl groups is 1. The third-order valence-corrected chi connectivity index (χ3v) is 5.36. The Morgan fingerprint density at radius 1 is 1.07 bits per heavy atom. The van der Waals surface area contributed by atoms with Gasteiger partial charge in [-0.1, -0.05) is 36.4 Å². The molecule has 3 N–H and O–H groups in total. The summed E-state index contributed by atoms with van der Waals surface area (Å²) < 4.78 is 5.75. The van der Waals surface area contributed by atoms with Crippen molar-refractivity contribution in [2.24, 2.45) is 0 Å². The van der Waals surface area contributed by atoms with Crippen LogP contribution in [0.4, 0.5) is 0 Å². The fraction of sp³-hybridized carbons (Fsp3) is 0.0909. The van der Waals surface area contributed by atoms with Gasteiger partial charge in [0.05, 0.1) is 10.4 Å². The van der Waals surface area contributed by atoms with E-state index < -0.39 is 10.8 Å². The predicted molar refractivity (Wildman–Crippen MR) is 109 cm³/mol. The molecule has 0 saturated carbocycles. The van der Waals surface area contributed by atoms with Crippen LogP contribution in [-0.2, 0) is 0 Å². The van der Waals surface area contributed by atoms with Crippen molar-refractivity contribution in [3.05, 3.63) is 93.5 Å². The van der Waals surface area contributed by atoms with Gasteiger partial charge in [0.15, 0.2) is 0 Å². The first-order valence-electron chi connectivity index (χ1n) is 9.15. The molecule has 0 radical (unpaired) electrons. The fourth-order valence-corrected chi connectivity index (χ4v) is 4.13. The summed E-state index contributed by atoms with van der Waals surface area (Å²) in [5.74, 6) is -0.249. The Hall–Kier alpha value is -4.00. The number of allylic oxidation sites excluding steroid dienone is 1. The Morgan fingerprint density at radius 3 is 2.62 bits per heavy atom. The minimum Gasteiger partial charge on any atom is -0.508 e. The van der Waals surface area contributed by atoms with E-state index in [-0.39, 0.29) is 17.3 Å². The second-order valence-corrected chi connectivity index (χ2v) is 6.89. The highest BCUT2D eigenvalue weighted by Crippen LogP contribution is 2.48. The van der Waals surface area contributed by atoms with Crippen molar-refractivity contribution in [2.75, 3.05) is 7.05 Å².